The average molecular weight is 1400 g/mol. The van der Waals surface area contributed by atoms with Gasteiger partial charge in [0.05, 0.1) is 19.8 Å². The fraction of sp³-hybridized carbons (Fsp3) is 0.535. The summed E-state index contributed by atoms with van der Waals surface area (Å²) < 4.78 is 45.9. The molecule has 8 N–H and O–H groups in total. The molecule has 6 heterocycles. The fourth-order valence-corrected chi connectivity index (χ4v) is 11.3. The lowest BCUT2D eigenvalue weighted by Gasteiger charge is -2.37. The molecule has 23 nitrogen and oxygen atoms in total. The molecule has 0 aliphatic carbocycles. The maximum absolute atomic E-state index is 12.4. The first-order valence-electron chi connectivity index (χ1n) is 31.1. The van der Waals surface area contributed by atoms with E-state index in [0.717, 1.165) is 133 Å². The minimum atomic E-state index is -5.05. The minimum absolute atomic E-state index is 0. The van der Waals surface area contributed by atoms with Crippen molar-refractivity contribution in [2.75, 3.05) is 93.4 Å². The quantitative estimate of drug-likeness (QED) is 0.0244. The fourth-order valence-electron chi connectivity index (χ4n) is 11.3. The van der Waals surface area contributed by atoms with Crippen LogP contribution in [-0.2, 0) is 81.6 Å². The van der Waals surface area contributed by atoms with Gasteiger partial charge in [0.15, 0.2) is 0 Å². The van der Waals surface area contributed by atoms with Crippen molar-refractivity contribution in [3.05, 3.63) is 103 Å². The molecule has 6 aliphatic rings. The largest absolute Gasteiger partial charge is 0.477 e. The van der Waals surface area contributed by atoms with Crippen molar-refractivity contribution in [1.29, 1.82) is 15.8 Å². The number of ether oxygens (including phenoxy) is 2. The van der Waals surface area contributed by atoms with Crippen LogP contribution in [-0.4, -0.2) is 142 Å². The number of amides is 4. The highest BCUT2D eigenvalue weighted by atomic mass is 35.5. The number of esters is 1. The van der Waals surface area contributed by atoms with Crippen molar-refractivity contribution < 1.29 is 71.3 Å². The highest BCUT2D eigenvalue weighted by molar-refractivity contribution is 6.02. The van der Waals surface area contributed by atoms with Crippen molar-refractivity contribution in [2.45, 2.75) is 173 Å². The summed E-state index contributed by atoms with van der Waals surface area (Å²) in [6.07, 6.45) is 11.6. The monoisotopic (exact) mass is 1390 g/mol. The molecular weight excluding hydrogens is 1290 g/mol. The van der Waals surface area contributed by atoms with Gasteiger partial charge in [-0.1, -0.05) is 29.7 Å². The first kappa shape index (κ1) is 89.3. The van der Waals surface area contributed by atoms with E-state index in [1.54, 1.807) is 32.9 Å². The summed E-state index contributed by atoms with van der Waals surface area (Å²) in [4.78, 5) is 84.5. The number of carbonyl (C=O) groups excluding carboxylic acids is 5. The van der Waals surface area contributed by atoms with Gasteiger partial charge in [0, 0.05) is 82.9 Å². The van der Waals surface area contributed by atoms with E-state index in [1.165, 1.54) is 75.0 Å². The topological polar surface area (TPSA) is 335 Å². The second-order valence-corrected chi connectivity index (χ2v) is 24.4. The molecule has 0 radical (unpaired) electrons. The molecule has 0 unspecified atom stereocenters. The molecule has 0 atom stereocenters. The molecule has 0 fully saturated rings. The lowest BCUT2D eigenvalue weighted by atomic mass is 9.89. The molecule has 542 valence electrons. The third-order valence-corrected chi connectivity index (χ3v) is 14.6. The smallest absolute Gasteiger partial charge is 0.473 e. The van der Waals surface area contributed by atoms with Crippen molar-refractivity contribution in [1.82, 2.24) is 21.6 Å². The van der Waals surface area contributed by atoms with Crippen LogP contribution in [0.3, 0.4) is 0 Å². The van der Waals surface area contributed by atoms with Gasteiger partial charge < -0.3 is 50.8 Å². The predicted octanol–water partition coefficient (Wildman–Crippen LogP) is 10.5. The Hall–Kier alpha value is -8.71. The van der Waals surface area contributed by atoms with Gasteiger partial charge in [-0.05, 0) is 223 Å². The van der Waals surface area contributed by atoms with Gasteiger partial charge >= 0.3 is 30.1 Å². The Labute approximate surface area is 582 Å². The summed E-state index contributed by atoms with van der Waals surface area (Å²) in [6.45, 7) is 18.8. The lowest BCUT2D eigenvalue weighted by Crippen LogP contribution is -2.38. The number of carboxylic acid groups (broad SMARTS) is 1. The molecule has 0 saturated heterocycles. The number of nitriles is 3. The van der Waals surface area contributed by atoms with E-state index >= 15 is 0 Å². The van der Waals surface area contributed by atoms with E-state index in [1.807, 2.05) is 57.2 Å². The van der Waals surface area contributed by atoms with Crippen LogP contribution in [0.4, 0.5) is 35.0 Å². The molecule has 3 aromatic carbocycles. The molecular formula is C71H103ClF3N11O12. The average Bonchev–Trinajstić information content (AvgIpc) is 0.794. The van der Waals surface area contributed by atoms with Crippen molar-refractivity contribution in [3.8, 4) is 18.2 Å². The zero-order valence-electron chi connectivity index (χ0n) is 54.4. The SMILES string of the molecule is C.C.C.C.CC(=O)OC(C)(C)C.CC(C)(C)OC(=O)NOCCNC(=O)/C(C#N)=C/c1cc2c3c(c1)CCCN3CCC2.Cl.N#C/C(=C\c1cc2c3c(c1)CCCN3CCC2)C(=O)NCCONC(=O)C(F)(F)F.N#C/C(=C\c1cc2c3c(c1)CCCN3CCC2)C(=O)O.NCCO. The Morgan fingerprint density at radius 3 is 1.06 bits per heavy atom. The van der Waals surface area contributed by atoms with Crippen LogP contribution in [0.1, 0.15) is 167 Å². The molecule has 3 aromatic rings. The number of aliphatic hydroxyl groups is 1. The van der Waals surface area contributed by atoms with Crippen LogP contribution < -0.4 is 42.0 Å². The summed E-state index contributed by atoms with van der Waals surface area (Å²) in [5, 5.41) is 49.4. The number of anilines is 3. The number of carboxylic acids is 1. The number of hydroxylamine groups is 2. The Bertz CT molecular complexity index is 3300. The van der Waals surface area contributed by atoms with E-state index in [2.05, 4.69) is 47.8 Å². The van der Waals surface area contributed by atoms with Crippen LogP contribution in [0.5, 0.6) is 0 Å². The van der Waals surface area contributed by atoms with Crippen LogP contribution in [0.2, 0.25) is 0 Å². The number of hydrogen-bond acceptors (Lipinski definition) is 18. The number of aryl methyl sites for hydroxylation is 6. The molecule has 9 rings (SSSR count). The molecule has 0 aromatic heterocycles. The zero-order valence-corrected chi connectivity index (χ0v) is 55.3. The molecule has 0 bridgehead atoms. The van der Waals surface area contributed by atoms with Gasteiger partial charge in [-0.2, -0.15) is 34.4 Å². The molecule has 0 saturated carbocycles. The molecule has 27 heteroatoms. The number of halogens is 4. The van der Waals surface area contributed by atoms with Crippen molar-refractivity contribution in [2.24, 2.45) is 5.73 Å². The van der Waals surface area contributed by atoms with E-state index < -0.39 is 41.6 Å². The van der Waals surface area contributed by atoms with Crippen molar-refractivity contribution >= 4 is 83.5 Å². The van der Waals surface area contributed by atoms with Crippen LogP contribution in [0.25, 0.3) is 18.2 Å². The minimum Gasteiger partial charge on any atom is -0.477 e. The van der Waals surface area contributed by atoms with Crippen LogP contribution in [0, 0.1) is 34.0 Å². The number of carbonyl (C=O) groups is 6. The lowest BCUT2D eigenvalue weighted by molar-refractivity contribution is -0.185. The second kappa shape index (κ2) is 42.9. The summed E-state index contributed by atoms with van der Waals surface area (Å²) in [7, 11) is 0. The number of benzene rings is 3. The first-order valence-corrected chi connectivity index (χ1v) is 31.1. The zero-order chi connectivity index (χ0) is 68.5. The molecule has 6 aliphatic heterocycles. The number of aliphatic hydroxyl groups excluding tert-OH is 1. The summed E-state index contributed by atoms with van der Waals surface area (Å²) in [6, 6.07) is 17.8. The normalized spacial score (nSPS) is 14.5. The maximum Gasteiger partial charge on any atom is 0.473 e. The number of hydrogen-bond donors (Lipinski definition) is 7. The predicted molar refractivity (Wildman–Crippen MR) is 378 cm³/mol. The number of aliphatic carboxylic acids is 1. The number of rotatable bonds is 15. The first-order chi connectivity index (χ1) is 44.1. The van der Waals surface area contributed by atoms with Gasteiger partial charge in [0.1, 0.15) is 46.1 Å². The third kappa shape index (κ3) is 28.8. The standard InChI is InChI=1S/C23H30N4O4.C20H21F3N4O3.C16H16N2O2.C6H12O2.C2H7NO.4CH4.ClH/c1-23(2,3)31-22(29)26-30-11-8-25-21(28)19(15-24)14-16-12-17-6-4-9-27-10-5-7-18(13-16)20(17)27;21-20(22,23)19(29)26-30-8-5-25-18(28)16(12-24)11-13-9-14-3-1-6-27-7-2-4-15(10-13)17(14)27;17-10-14(16(19)20)9-11-7-12-3-1-5-18-6-2-4-13(8-11)15(12)18;1-5(7)8-6(2,3)4;3-1-2-4;;;;;/h12-14H,4-11H2,1-3H3,(H,25,28)(H,26,29);9-11H,1-8H2,(H,25,28)(H,26,29);7-9H,1-6H2,(H,19,20);1-4H3;4H,1-3H2;4*1H4;1H/b19-14+;16-11+;14-9+;;;;;;;. The van der Waals surface area contributed by atoms with Gasteiger partial charge in [0.25, 0.3) is 11.8 Å². The Morgan fingerprint density at radius 1 is 0.541 bits per heavy atom. The van der Waals surface area contributed by atoms with Gasteiger partial charge in [0.2, 0.25) is 0 Å². The van der Waals surface area contributed by atoms with Gasteiger partial charge in [-0.25, -0.2) is 15.1 Å². The van der Waals surface area contributed by atoms with E-state index in [-0.39, 0.29) is 103 Å². The molecule has 0 spiro atoms. The Balaban J connectivity index is 0.00000131. The number of nitrogens with one attached hydrogen (secondary N) is 4. The number of nitrogens with two attached hydrogens (primary N) is 1. The number of nitrogens with zero attached hydrogens (tertiary/aromatic N) is 6. The summed E-state index contributed by atoms with van der Waals surface area (Å²) >= 11 is 0. The van der Waals surface area contributed by atoms with E-state index in [4.69, 9.17) is 35.5 Å². The molecule has 98 heavy (non-hydrogen) atoms. The summed E-state index contributed by atoms with van der Waals surface area (Å²) in [5.74, 6) is -4.77. The van der Waals surface area contributed by atoms with Gasteiger partial charge in [-0.3, -0.25) is 28.9 Å². The number of alkyl halides is 3. The third-order valence-electron chi connectivity index (χ3n) is 14.6. The Morgan fingerprint density at radius 2 is 0.827 bits per heavy atom. The Kier molecular flexibility index (Phi) is 39.0. The van der Waals surface area contributed by atoms with E-state index in [9.17, 15) is 52.5 Å². The second-order valence-electron chi connectivity index (χ2n) is 24.4. The van der Waals surface area contributed by atoms with Crippen molar-refractivity contribution in [3.63, 3.8) is 0 Å². The summed E-state index contributed by atoms with van der Waals surface area (Å²) in [5.41, 5.74) is 21.0. The van der Waals surface area contributed by atoms with Crippen LogP contribution >= 0.6 is 12.4 Å². The van der Waals surface area contributed by atoms with Gasteiger partial charge in [-0.15, -0.1) is 12.4 Å². The highest BCUT2D eigenvalue weighted by Gasteiger charge is 2.39. The van der Waals surface area contributed by atoms with Crippen LogP contribution in [0.15, 0.2) is 53.1 Å². The highest BCUT2D eigenvalue weighted by Crippen LogP contribution is 2.39. The van der Waals surface area contributed by atoms with E-state index in [0.29, 0.717) is 6.54 Å². The maximum atomic E-state index is 12.4. The molecule has 4 amide bonds.